The van der Waals surface area contributed by atoms with Gasteiger partial charge in [-0.15, -0.1) is 0 Å². The lowest BCUT2D eigenvalue weighted by Gasteiger charge is -2.19. The summed E-state index contributed by atoms with van der Waals surface area (Å²) in [6, 6.07) is 11.5. The molecule has 2 heterocycles. The van der Waals surface area contributed by atoms with Gasteiger partial charge in [0.15, 0.2) is 0 Å². The minimum absolute atomic E-state index is 0.0693. The lowest BCUT2D eigenvalue weighted by molar-refractivity contribution is 0.102. The minimum Gasteiger partial charge on any atom is -0.355 e. The number of rotatable bonds is 4. The van der Waals surface area contributed by atoms with Crippen LogP contribution in [0.2, 0.25) is 0 Å². The van der Waals surface area contributed by atoms with Crippen molar-refractivity contribution in [3.8, 4) is 0 Å². The minimum atomic E-state index is -0.812. The number of anilines is 3. The van der Waals surface area contributed by atoms with E-state index < -0.39 is 17.5 Å². The van der Waals surface area contributed by atoms with Crippen molar-refractivity contribution in [3.63, 3.8) is 0 Å². The number of nitrogens with zero attached hydrogens (tertiary/aromatic N) is 1. The third kappa shape index (κ3) is 4.19. The first-order valence-electron chi connectivity index (χ1n) is 10.7. The molecule has 33 heavy (non-hydrogen) atoms. The Labute approximate surface area is 187 Å². The molecule has 0 radical (unpaired) electrons. The largest absolute Gasteiger partial charge is 0.355 e. The second-order valence-corrected chi connectivity index (χ2v) is 8.02. The number of carbonyl (C=O) groups is 1. The molecule has 6 nitrogen and oxygen atoms in total. The van der Waals surface area contributed by atoms with Gasteiger partial charge in [0.25, 0.3) is 11.5 Å². The van der Waals surface area contributed by atoms with Crippen molar-refractivity contribution >= 4 is 34.0 Å². The molecular formula is C25H20F2N4O2. The van der Waals surface area contributed by atoms with Crippen LogP contribution in [0.3, 0.4) is 0 Å². The van der Waals surface area contributed by atoms with Gasteiger partial charge in [-0.3, -0.25) is 9.59 Å². The van der Waals surface area contributed by atoms with Crippen LogP contribution in [0.25, 0.3) is 11.0 Å². The number of hydrogen-bond acceptors (Lipinski definition) is 4. The van der Waals surface area contributed by atoms with Gasteiger partial charge in [0.1, 0.15) is 17.3 Å². The van der Waals surface area contributed by atoms with E-state index in [9.17, 15) is 18.4 Å². The summed E-state index contributed by atoms with van der Waals surface area (Å²) in [7, 11) is 0. The molecule has 3 N–H and O–H groups in total. The van der Waals surface area contributed by atoms with Crippen molar-refractivity contribution in [1.29, 1.82) is 0 Å². The number of halogens is 2. The predicted octanol–water partition coefficient (Wildman–Crippen LogP) is 5.08. The van der Waals surface area contributed by atoms with E-state index >= 15 is 0 Å². The molecule has 0 spiro atoms. The fourth-order valence-electron chi connectivity index (χ4n) is 4.26. The van der Waals surface area contributed by atoms with Crippen LogP contribution in [0.5, 0.6) is 0 Å². The van der Waals surface area contributed by atoms with E-state index in [1.54, 1.807) is 30.5 Å². The monoisotopic (exact) mass is 446 g/mol. The number of nitrogens with one attached hydrogen (secondary N) is 3. The van der Waals surface area contributed by atoms with Gasteiger partial charge in [-0.2, -0.15) is 0 Å². The van der Waals surface area contributed by atoms with E-state index in [1.807, 2.05) is 6.07 Å². The number of carbonyl (C=O) groups excluding carboxylic acids is 1. The Morgan fingerprint density at radius 2 is 1.58 bits per heavy atom. The van der Waals surface area contributed by atoms with Gasteiger partial charge in [-0.05, 0) is 73.7 Å². The maximum absolute atomic E-state index is 13.4. The lowest BCUT2D eigenvalue weighted by atomic mass is 9.90. The van der Waals surface area contributed by atoms with Crippen molar-refractivity contribution < 1.29 is 13.6 Å². The van der Waals surface area contributed by atoms with Crippen molar-refractivity contribution in [2.75, 3.05) is 10.6 Å². The zero-order valence-electron chi connectivity index (χ0n) is 17.5. The third-order valence-corrected chi connectivity index (χ3v) is 5.77. The lowest BCUT2D eigenvalue weighted by Crippen LogP contribution is -2.20. The zero-order chi connectivity index (χ0) is 22.9. The fraction of sp³-hybridized carbons (Fsp3) is 0.160. The van der Waals surface area contributed by atoms with Crippen LogP contribution in [-0.2, 0) is 12.8 Å². The van der Waals surface area contributed by atoms with Crippen LogP contribution < -0.4 is 16.2 Å². The van der Waals surface area contributed by atoms with E-state index in [4.69, 9.17) is 0 Å². The van der Waals surface area contributed by atoms with Gasteiger partial charge in [-0.1, -0.05) is 0 Å². The third-order valence-electron chi connectivity index (χ3n) is 5.77. The molecule has 0 bridgehead atoms. The number of H-pyrrole nitrogens is 1. The van der Waals surface area contributed by atoms with Crippen LogP contribution in [0.1, 0.15) is 34.3 Å². The molecule has 1 aliphatic carbocycles. The fourth-order valence-corrected chi connectivity index (χ4v) is 4.26. The highest BCUT2D eigenvalue weighted by Crippen LogP contribution is 2.32. The van der Waals surface area contributed by atoms with Crippen LogP contribution in [0, 0.1) is 11.6 Å². The van der Waals surface area contributed by atoms with Gasteiger partial charge < -0.3 is 15.6 Å². The normalized spacial score (nSPS) is 12.9. The van der Waals surface area contributed by atoms with Crippen LogP contribution in [0.15, 0.2) is 59.5 Å². The summed E-state index contributed by atoms with van der Waals surface area (Å²) in [5, 5.41) is 6.91. The van der Waals surface area contributed by atoms with Gasteiger partial charge in [0.05, 0.1) is 5.69 Å². The maximum Gasteiger partial charge on any atom is 0.255 e. The van der Waals surface area contributed by atoms with E-state index in [0.29, 0.717) is 17.4 Å². The summed E-state index contributed by atoms with van der Waals surface area (Å²) >= 11 is 0. The first kappa shape index (κ1) is 20.8. The van der Waals surface area contributed by atoms with Crippen LogP contribution >= 0.6 is 0 Å². The first-order valence-corrected chi connectivity index (χ1v) is 10.7. The molecule has 2 aromatic heterocycles. The highest BCUT2D eigenvalue weighted by molar-refractivity contribution is 6.04. The predicted molar refractivity (Wildman–Crippen MR) is 123 cm³/mol. The number of aryl methyl sites for hydroxylation is 1. The number of pyridine rings is 2. The molecule has 5 rings (SSSR count). The Bertz CT molecular complexity index is 1410. The summed E-state index contributed by atoms with van der Waals surface area (Å²) in [5.41, 5.74) is 4.35. The van der Waals surface area contributed by atoms with E-state index in [1.165, 1.54) is 0 Å². The summed E-state index contributed by atoms with van der Waals surface area (Å²) in [5.74, 6) is -2.23. The Kier molecular flexibility index (Phi) is 5.34. The standard InChI is InChI=1S/C25H20F2N4O2/c26-15-11-14(12-16(27)13-15)24(32)30-18-7-5-17(6-8-18)29-21-9-10-28-23-22(21)19-3-1-2-4-20(19)25(33)31-23/h5-13H,1-4H2,(H,30,32)(H2,28,29,31,33). The molecule has 8 heteroatoms. The Morgan fingerprint density at radius 1 is 0.909 bits per heavy atom. The summed E-state index contributed by atoms with van der Waals surface area (Å²) in [6.45, 7) is 0. The Balaban J connectivity index is 1.40. The number of aromatic nitrogens is 2. The van der Waals surface area contributed by atoms with Gasteiger partial charge in [0, 0.05) is 40.2 Å². The van der Waals surface area contributed by atoms with Gasteiger partial charge >= 0.3 is 0 Å². The van der Waals surface area contributed by atoms with Crippen molar-refractivity contribution in [3.05, 3.63) is 93.4 Å². The quantitative estimate of drug-likeness (QED) is 0.408. The Hall–Kier alpha value is -4.07. The highest BCUT2D eigenvalue weighted by atomic mass is 19.1. The molecule has 1 amide bonds. The number of benzene rings is 2. The van der Waals surface area contributed by atoms with Crippen molar-refractivity contribution in [1.82, 2.24) is 9.97 Å². The number of amides is 1. The second kappa shape index (κ2) is 8.46. The molecule has 166 valence electrons. The molecule has 1 aliphatic rings. The SMILES string of the molecule is O=C(Nc1ccc(Nc2ccnc3[nH]c(=O)c4c(c23)CCCC4)cc1)c1cc(F)cc(F)c1. The molecule has 0 saturated heterocycles. The smallest absolute Gasteiger partial charge is 0.255 e. The van der Waals surface area contributed by atoms with Crippen LogP contribution in [0.4, 0.5) is 25.8 Å². The average Bonchev–Trinajstić information content (AvgIpc) is 2.80. The van der Waals surface area contributed by atoms with Gasteiger partial charge in [-0.25, -0.2) is 13.8 Å². The highest BCUT2D eigenvalue weighted by Gasteiger charge is 2.19. The molecule has 0 atom stereocenters. The molecule has 0 fully saturated rings. The van der Waals surface area contributed by atoms with Gasteiger partial charge in [0.2, 0.25) is 0 Å². The molecule has 4 aromatic rings. The van der Waals surface area contributed by atoms with Crippen LogP contribution in [-0.4, -0.2) is 15.9 Å². The van der Waals surface area contributed by atoms with E-state index in [-0.39, 0.29) is 11.1 Å². The first-order chi connectivity index (χ1) is 16.0. The Morgan fingerprint density at radius 3 is 2.30 bits per heavy atom. The number of hydrogen-bond donors (Lipinski definition) is 3. The number of aromatic amines is 1. The van der Waals surface area contributed by atoms with E-state index in [0.717, 1.165) is 65.7 Å². The van der Waals surface area contributed by atoms with Crippen molar-refractivity contribution in [2.45, 2.75) is 25.7 Å². The second-order valence-electron chi connectivity index (χ2n) is 8.02. The average molecular weight is 446 g/mol. The maximum atomic E-state index is 13.4. The van der Waals surface area contributed by atoms with E-state index in [2.05, 4.69) is 20.6 Å². The summed E-state index contributed by atoms with van der Waals surface area (Å²) < 4.78 is 26.7. The molecule has 0 saturated carbocycles. The summed E-state index contributed by atoms with van der Waals surface area (Å²) in [6.07, 6.45) is 5.27. The topological polar surface area (TPSA) is 86.9 Å². The molecule has 2 aromatic carbocycles. The zero-order valence-corrected chi connectivity index (χ0v) is 17.5. The van der Waals surface area contributed by atoms with Crippen molar-refractivity contribution in [2.24, 2.45) is 0 Å². The molecule has 0 aliphatic heterocycles. The summed E-state index contributed by atoms with van der Waals surface area (Å²) in [4.78, 5) is 32.0. The molecular weight excluding hydrogens is 426 g/mol. The molecule has 0 unspecified atom stereocenters. The number of fused-ring (bicyclic) bond motifs is 3.